The van der Waals surface area contributed by atoms with Gasteiger partial charge in [0.15, 0.2) is 0 Å². The number of ether oxygens (including phenoxy) is 2. The van der Waals surface area contributed by atoms with Crippen molar-refractivity contribution in [3.63, 3.8) is 0 Å². The van der Waals surface area contributed by atoms with Crippen LogP contribution in [0.4, 0.5) is 4.79 Å². The van der Waals surface area contributed by atoms with E-state index in [0.717, 1.165) is 11.1 Å². The van der Waals surface area contributed by atoms with E-state index in [9.17, 15) is 19.5 Å². The minimum Gasteiger partial charge on any atom is -0.480 e. The lowest BCUT2D eigenvalue weighted by atomic mass is 10.0. The van der Waals surface area contributed by atoms with E-state index in [4.69, 9.17) is 9.47 Å². The van der Waals surface area contributed by atoms with Crippen LogP contribution in [-0.4, -0.2) is 46.9 Å². The zero-order valence-corrected chi connectivity index (χ0v) is 19.4. The number of alkyl carbamates (subject to hydrolysis) is 1. The molecule has 0 heterocycles. The Labute approximate surface area is 194 Å². The quantitative estimate of drug-likeness (QED) is 0.506. The van der Waals surface area contributed by atoms with Crippen LogP contribution in [0.25, 0.3) is 0 Å². The predicted octanol–water partition coefficient (Wildman–Crippen LogP) is 3.30. The van der Waals surface area contributed by atoms with Gasteiger partial charge in [-0.1, -0.05) is 60.7 Å². The third-order valence-electron chi connectivity index (χ3n) is 4.67. The number of hydrogen-bond acceptors (Lipinski definition) is 5. The van der Waals surface area contributed by atoms with Gasteiger partial charge >= 0.3 is 12.1 Å². The minimum atomic E-state index is -1.18. The zero-order chi connectivity index (χ0) is 24.4. The Kier molecular flexibility index (Phi) is 9.42. The molecule has 0 bridgehead atoms. The summed E-state index contributed by atoms with van der Waals surface area (Å²) in [5.41, 5.74) is 0.960. The lowest BCUT2D eigenvalue weighted by molar-refractivity contribution is -0.143. The second-order valence-corrected chi connectivity index (χ2v) is 8.71. The molecule has 8 heteroatoms. The largest absolute Gasteiger partial charge is 0.480 e. The van der Waals surface area contributed by atoms with Gasteiger partial charge in [0, 0.05) is 6.42 Å². The monoisotopic (exact) mass is 456 g/mol. The predicted molar refractivity (Wildman–Crippen MR) is 124 cm³/mol. The number of carboxylic acids is 1. The van der Waals surface area contributed by atoms with Crippen molar-refractivity contribution in [2.45, 2.75) is 64.5 Å². The summed E-state index contributed by atoms with van der Waals surface area (Å²) in [5, 5.41) is 14.7. The van der Waals surface area contributed by atoms with Gasteiger partial charge in [0.25, 0.3) is 0 Å². The summed E-state index contributed by atoms with van der Waals surface area (Å²) in [6, 6.07) is 15.8. The summed E-state index contributed by atoms with van der Waals surface area (Å²) < 4.78 is 11.1. The summed E-state index contributed by atoms with van der Waals surface area (Å²) >= 11 is 0. The first kappa shape index (κ1) is 25.9. The van der Waals surface area contributed by atoms with Crippen molar-refractivity contribution < 1.29 is 29.0 Å². The number of hydrogen-bond donors (Lipinski definition) is 3. The second kappa shape index (κ2) is 12.0. The minimum absolute atomic E-state index is 0.0290. The summed E-state index contributed by atoms with van der Waals surface area (Å²) in [4.78, 5) is 37.3. The van der Waals surface area contributed by atoms with Crippen molar-refractivity contribution in [3.05, 3.63) is 71.8 Å². The number of benzene rings is 2. The van der Waals surface area contributed by atoms with Gasteiger partial charge < -0.3 is 25.2 Å². The lowest BCUT2D eigenvalue weighted by Crippen LogP contribution is -2.57. The van der Waals surface area contributed by atoms with Crippen molar-refractivity contribution in [2.24, 2.45) is 0 Å². The fourth-order valence-electron chi connectivity index (χ4n) is 3.22. The Morgan fingerprint density at radius 3 is 1.97 bits per heavy atom. The number of carbonyl (C=O) groups is 3. The van der Waals surface area contributed by atoms with Gasteiger partial charge in [-0.3, -0.25) is 4.79 Å². The molecule has 0 fully saturated rings. The van der Waals surface area contributed by atoms with E-state index in [1.165, 1.54) is 0 Å². The molecular formula is C25H32N2O6. The molecule has 8 nitrogen and oxygen atoms in total. The van der Waals surface area contributed by atoms with E-state index in [2.05, 4.69) is 10.6 Å². The van der Waals surface area contributed by atoms with Crippen LogP contribution < -0.4 is 10.6 Å². The highest BCUT2D eigenvalue weighted by atomic mass is 16.6. The Bertz CT molecular complexity index is 911. The Hall–Kier alpha value is -3.39. The molecule has 0 spiro atoms. The van der Waals surface area contributed by atoms with Crippen LogP contribution in [0.1, 0.15) is 38.8 Å². The molecule has 2 amide bonds. The molecule has 0 aromatic heterocycles. The Balaban J connectivity index is 2.10. The number of rotatable bonds is 10. The van der Waals surface area contributed by atoms with Crippen LogP contribution in [0.3, 0.4) is 0 Å². The lowest BCUT2D eigenvalue weighted by Gasteiger charge is -2.31. The first-order valence-corrected chi connectivity index (χ1v) is 10.8. The van der Waals surface area contributed by atoms with Gasteiger partial charge in [-0.05, 0) is 38.8 Å². The standard InChI is InChI=1S/C25H32N2O6/c1-17(33-25(2,3)4)21(27-24(31)32-16-19-13-9-6-10-14-19)22(28)26-20(23(29)30)15-18-11-7-5-8-12-18/h5-14,17,20-21H,15-16H2,1-4H3,(H,26,28)(H,27,31)(H,29,30). The highest BCUT2D eigenvalue weighted by molar-refractivity contribution is 5.89. The molecular weight excluding hydrogens is 424 g/mol. The molecule has 0 aliphatic rings. The van der Waals surface area contributed by atoms with Crippen LogP contribution in [0, 0.1) is 0 Å². The molecule has 3 unspecified atom stereocenters. The smallest absolute Gasteiger partial charge is 0.408 e. The molecule has 0 saturated carbocycles. The molecule has 178 valence electrons. The third kappa shape index (κ3) is 9.33. The Morgan fingerprint density at radius 2 is 1.45 bits per heavy atom. The number of nitrogens with one attached hydrogen (secondary N) is 2. The van der Waals surface area contributed by atoms with E-state index < -0.39 is 41.8 Å². The number of amides is 2. The molecule has 0 aliphatic heterocycles. The van der Waals surface area contributed by atoms with Crippen molar-refractivity contribution in [3.8, 4) is 0 Å². The van der Waals surface area contributed by atoms with Crippen LogP contribution in [-0.2, 0) is 32.1 Å². The molecule has 0 saturated heterocycles. The fraction of sp³-hybridized carbons (Fsp3) is 0.400. The topological polar surface area (TPSA) is 114 Å². The van der Waals surface area contributed by atoms with Crippen molar-refractivity contribution >= 4 is 18.0 Å². The first-order chi connectivity index (χ1) is 15.5. The van der Waals surface area contributed by atoms with E-state index in [1.54, 1.807) is 31.2 Å². The van der Waals surface area contributed by atoms with Crippen molar-refractivity contribution in [2.75, 3.05) is 0 Å². The summed E-state index contributed by atoms with van der Waals surface area (Å²) in [6.45, 7) is 7.13. The van der Waals surface area contributed by atoms with Crippen molar-refractivity contribution in [1.29, 1.82) is 0 Å². The number of carbonyl (C=O) groups excluding carboxylic acids is 2. The molecule has 2 aromatic rings. The van der Waals surface area contributed by atoms with E-state index in [-0.39, 0.29) is 13.0 Å². The van der Waals surface area contributed by atoms with Crippen LogP contribution in [0.2, 0.25) is 0 Å². The molecule has 3 atom stereocenters. The summed E-state index contributed by atoms with van der Waals surface area (Å²) in [5.74, 6) is -1.85. The van der Waals surface area contributed by atoms with E-state index >= 15 is 0 Å². The van der Waals surface area contributed by atoms with Gasteiger partial charge in [-0.15, -0.1) is 0 Å². The maximum Gasteiger partial charge on any atom is 0.408 e. The molecule has 2 aromatic carbocycles. The van der Waals surface area contributed by atoms with Crippen molar-refractivity contribution in [1.82, 2.24) is 10.6 Å². The fourth-order valence-corrected chi connectivity index (χ4v) is 3.22. The number of carboxylic acid groups (broad SMARTS) is 1. The maximum atomic E-state index is 13.1. The third-order valence-corrected chi connectivity index (χ3v) is 4.67. The number of aliphatic carboxylic acids is 1. The van der Waals surface area contributed by atoms with Crippen LogP contribution in [0.5, 0.6) is 0 Å². The van der Waals surface area contributed by atoms with Gasteiger partial charge in [-0.25, -0.2) is 9.59 Å². The van der Waals surface area contributed by atoms with E-state index in [1.807, 2.05) is 57.2 Å². The first-order valence-electron chi connectivity index (χ1n) is 10.8. The van der Waals surface area contributed by atoms with Gasteiger partial charge in [0.05, 0.1) is 11.7 Å². The molecule has 0 aliphatic carbocycles. The molecule has 2 rings (SSSR count). The second-order valence-electron chi connectivity index (χ2n) is 8.71. The molecule has 3 N–H and O–H groups in total. The molecule has 0 radical (unpaired) electrons. The highest BCUT2D eigenvalue weighted by Gasteiger charge is 2.33. The van der Waals surface area contributed by atoms with Gasteiger partial charge in [-0.2, -0.15) is 0 Å². The zero-order valence-electron chi connectivity index (χ0n) is 19.4. The molecule has 33 heavy (non-hydrogen) atoms. The summed E-state index contributed by atoms with van der Waals surface area (Å²) in [7, 11) is 0. The average molecular weight is 457 g/mol. The average Bonchev–Trinajstić information content (AvgIpc) is 2.75. The van der Waals surface area contributed by atoms with Gasteiger partial charge in [0.1, 0.15) is 18.7 Å². The van der Waals surface area contributed by atoms with Crippen LogP contribution >= 0.6 is 0 Å². The van der Waals surface area contributed by atoms with Crippen LogP contribution in [0.15, 0.2) is 60.7 Å². The maximum absolute atomic E-state index is 13.1. The van der Waals surface area contributed by atoms with E-state index in [0.29, 0.717) is 0 Å². The van der Waals surface area contributed by atoms with Gasteiger partial charge in [0.2, 0.25) is 5.91 Å². The SMILES string of the molecule is CC(OC(C)(C)C)C(NC(=O)OCc1ccccc1)C(=O)NC(Cc1ccccc1)C(=O)O. The summed E-state index contributed by atoms with van der Waals surface area (Å²) in [6.07, 6.45) is -1.46. The normalized spacial score (nSPS) is 13.9. The highest BCUT2D eigenvalue weighted by Crippen LogP contribution is 2.14. The Morgan fingerprint density at radius 1 is 0.909 bits per heavy atom.